The van der Waals surface area contributed by atoms with Crippen LogP contribution in [0.25, 0.3) is 0 Å². The smallest absolute Gasteiger partial charge is 0.463 e. The van der Waals surface area contributed by atoms with Crippen LogP contribution in [0.3, 0.4) is 0 Å². The maximum atomic E-state index is 11.9. The van der Waals surface area contributed by atoms with E-state index in [1.165, 1.54) is 32.1 Å². The lowest BCUT2D eigenvalue weighted by molar-refractivity contribution is -0.870. The first kappa shape index (κ1) is 50.4. The van der Waals surface area contributed by atoms with Crippen LogP contribution in [0.4, 0.5) is 0 Å². The third-order valence-electron chi connectivity index (χ3n) is 7.86. The summed E-state index contributed by atoms with van der Waals surface area (Å²) >= 11 is 0. The number of ether oxygens (including phenoxy) is 1. The van der Waals surface area contributed by atoms with Gasteiger partial charge in [-0.3, -0.25) is 13.8 Å². The van der Waals surface area contributed by atoms with Crippen LogP contribution < -0.4 is 0 Å². The summed E-state index contributed by atoms with van der Waals surface area (Å²) in [5.74, 6) is -0.385. The number of nitrogens with zero attached hydrogens (tertiary/aromatic N) is 1. The Kier molecular flexibility index (Phi) is 34.6. The molecule has 0 aromatic carbocycles. The van der Waals surface area contributed by atoms with E-state index in [-0.39, 0.29) is 19.2 Å². The maximum Gasteiger partial charge on any atom is 0.472 e. The highest BCUT2D eigenvalue weighted by Crippen LogP contribution is 2.43. The van der Waals surface area contributed by atoms with Crippen LogP contribution in [0.2, 0.25) is 0 Å². The number of likely N-dealkylation sites (N-methyl/N-ethyl adjacent to an activating group) is 1. The van der Waals surface area contributed by atoms with Gasteiger partial charge >= 0.3 is 13.8 Å². The van der Waals surface area contributed by atoms with Crippen LogP contribution in [0.5, 0.6) is 0 Å². The molecule has 0 heterocycles. The lowest BCUT2D eigenvalue weighted by Crippen LogP contribution is -2.37. The van der Waals surface area contributed by atoms with Crippen molar-refractivity contribution in [2.24, 2.45) is 0 Å². The lowest BCUT2D eigenvalue weighted by atomic mass is 10.1. The van der Waals surface area contributed by atoms with Gasteiger partial charge in [0, 0.05) is 6.42 Å². The second-order valence-electron chi connectivity index (χ2n) is 14.1. The Labute approximate surface area is 324 Å². The van der Waals surface area contributed by atoms with Crippen molar-refractivity contribution in [1.82, 2.24) is 0 Å². The number of aliphatic hydroxyl groups excluding tert-OH is 1. The van der Waals surface area contributed by atoms with E-state index in [0.29, 0.717) is 17.4 Å². The number of phosphoric ester groups is 1. The van der Waals surface area contributed by atoms with Gasteiger partial charge in [-0.2, -0.15) is 0 Å². The molecule has 0 amide bonds. The van der Waals surface area contributed by atoms with Crippen molar-refractivity contribution in [2.45, 2.75) is 129 Å². The van der Waals surface area contributed by atoms with Gasteiger partial charge in [0.25, 0.3) is 0 Å². The molecule has 2 atom stereocenters. The number of unbranched alkanes of at least 4 members (excludes halogenated alkanes) is 8. The van der Waals surface area contributed by atoms with Gasteiger partial charge in [0.05, 0.1) is 27.7 Å². The molecule has 0 saturated heterocycles. The number of allylic oxidation sites excluding steroid dienone is 16. The fourth-order valence-corrected chi connectivity index (χ4v) is 5.48. The standard InChI is InChI=1S/C44H74NO7P/c1-5-6-7-8-9-10-11-12-13-14-15-16-17-18-19-20-21-22-23-24-25-26-27-28-29-30-31-32-33-34-35-36-37-38-44(47)50-41-43(46)42-52-53(48,49)51-40-39-45(2,3)4/h6-7,9-10,12-13,15-16,18-19,21-22,24-25,27-28,43,46H,5,8,11,14,17,20,23,26,29-42H2,1-4H3/p+1/b7-6-,10-9-,13-12-,16-15-,19-18-,22-21-,25-24-,28-27-. The molecule has 2 N–H and O–H groups in total. The Balaban J connectivity index is 3.59. The first-order chi connectivity index (χ1) is 25.6. The van der Waals surface area contributed by atoms with E-state index in [9.17, 15) is 19.4 Å². The summed E-state index contributed by atoms with van der Waals surface area (Å²) in [5.41, 5.74) is 0. The van der Waals surface area contributed by atoms with Gasteiger partial charge < -0.3 is 19.2 Å². The van der Waals surface area contributed by atoms with E-state index in [2.05, 4.69) is 104 Å². The molecule has 0 fully saturated rings. The summed E-state index contributed by atoms with van der Waals surface area (Å²) in [6.45, 7) is 2.00. The molecule has 0 aromatic rings. The Bertz CT molecular complexity index is 1160. The number of carbonyl (C=O) groups is 1. The predicted molar refractivity (Wildman–Crippen MR) is 223 cm³/mol. The highest BCUT2D eigenvalue weighted by molar-refractivity contribution is 7.47. The van der Waals surface area contributed by atoms with Gasteiger partial charge in [-0.25, -0.2) is 4.57 Å². The van der Waals surface area contributed by atoms with Crippen LogP contribution in [-0.2, 0) is 23.1 Å². The molecule has 0 saturated carbocycles. The number of hydrogen-bond acceptors (Lipinski definition) is 6. The highest BCUT2D eigenvalue weighted by atomic mass is 31.2. The first-order valence-corrected chi connectivity index (χ1v) is 21.5. The fraction of sp³-hybridized carbons (Fsp3) is 0.614. The molecule has 8 nitrogen and oxygen atoms in total. The summed E-state index contributed by atoms with van der Waals surface area (Å²) in [5, 5.41) is 9.90. The Morgan fingerprint density at radius 1 is 0.585 bits per heavy atom. The summed E-state index contributed by atoms with van der Waals surface area (Å²) < 4.78 is 27.2. The summed E-state index contributed by atoms with van der Waals surface area (Å²) in [6, 6.07) is 0. The van der Waals surface area contributed by atoms with Crippen LogP contribution >= 0.6 is 7.82 Å². The molecule has 0 aromatic heterocycles. The van der Waals surface area contributed by atoms with Gasteiger partial charge in [0.15, 0.2) is 0 Å². The van der Waals surface area contributed by atoms with Crippen molar-refractivity contribution in [1.29, 1.82) is 0 Å². The van der Waals surface area contributed by atoms with Crippen molar-refractivity contribution >= 4 is 13.8 Å². The fourth-order valence-electron chi connectivity index (χ4n) is 4.73. The minimum atomic E-state index is -4.26. The average molecular weight is 761 g/mol. The van der Waals surface area contributed by atoms with Gasteiger partial charge in [-0.05, 0) is 70.6 Å². The molecule has 53 heavy (non-hydrogen) atoms. The van der Waals surface area contributed by atoms with Gasteiger partial charge in [-0.15, -0.1) is 0 Å². The summed E-state index contributed by atoms with van der Waals surface area (Å²) in [4.78, 5) is 21.6. The molecule has 0 aliphatic heterocycles. The number of phosphoric acid groups is 1. The second-order valence-corrected chi connectivity index (χ2v) is 15.6. The Hall–Kier alpha value is -2.58. The third kappa shape index (κ3) is 42.0. The summed E-state index contributed by atoms with van der Waals surface area (Å²) in [6.07, 6.45) is 52.9. The molecule has 0 aliphatic rings. The van der Waals surface area contributed by atoms with E-state index >= 15 is 0 Å². The van der Waals surface area contributed by atoms with Gasteiger partial charge in [-0.1, -0.05) is 143 Å². The monoisotopic (exact) mass is 761 g/mol. The SMILES string of the molecule is CC/C=C\C/C=C\C/C=C\C/C=C\C/C=C\C/C=C\C/C=C\C/C=C\CCCCCCCCCCC(=O)OCC(O)COP(=O)(O)OCC[N+](C)(C)C. The quantitative estimate of drug-likeness (QED) is 0.0218. The number of aliphatic hydroxyl groups is 1. The maximum absolute atomic E-state index is 11.9. The topological polar surface area (TPSA) is 102 Å². The van der Waals surface area contributed by atoms with Crippen LogP contribution in [-0.4, -0.2) is 74.1 Å². The predicted octanol–water partition coefficient (Wildman–Crippen LogP) is 11.2. The zero-order valence-corrected chi connectivity index (χ0v) is 34.6. The second kappa shape index (κ2) is 36.4. The number of rotatable bonds is 35. The minimum Gasteiger partial charge on any atom is -0.463 e. The molecule has 2 unspecified atom stereocenters. The van der Waals surface area contributed by atoms with Crippen LogP contribution in [0, 0.1) is 0 Å². The van der Waals surface area contributed by atoms with Gasteiger partial charge in [0.1, 0.15) is 25.9 Å². The van der Waals surface area contributed by atoms with E-state index in [4.69, 9.17) is 13.8 Å². The first-order valence-electron chi connectivity index (χ1n) is 20.0. The molecule has 0 radical (unpaired) electrons. The zero-order chi connectivity index (χ0) is 39.1. The van der Waals surface area contributed by atoms with Crippen molar-refractivity contribution in [3.05, 3.63) is 97.2 Å². The Morgan fingerprint density at radius 2 is 0.981 bits per heavy atom. The normalized spacial score (nSPS) is 14.9. The number of esters is 1. The van der Waals surface area contributed by atoms with Crippen molar-refractivity contribution < 1.29 is 37.6 Å². The molecule has 0 bridgehead atoms. The largest absolute Gasteiger partial charge is 0.472 e. The van der Waals surface area contributed by atoms with E-state index in [0.717, 1.165) is 77.0 Å². The zero-order valence-electron chi connectivity index (χ0n) is 33.7. The molecular weight excluding hydrogens is 685 g/mol. The number of carbonyl (C=O) groups excluding carboxylic acids is 1. The van der Waals surface area contributed by atoms with Crippen LogP contribution in [0.1, 0.15) is 122 Å². The third-order valence-corrected chi connectivity index (χ3v) is 8.84. The van der Waals surface area contributed by atoms with Crippen molar-refractivity contribution in [3.8, 4) is 0 Å². The Morgan fingerprint density at radius 3 is 1.42 bits per heavy atom. The van der Waals surface area contributed by atoms with E-state index in [1.54, 1.807) is 0 Å². The molecule has 302 valence electrons. The summed E-state index contributed by atoms with van der Waals surface area (Å²) in [7, 11) is 1.54. The van der Waals surface area contributed by atoms with Crippen LogP contribution in [0.15, 0.2) is 97.2 Å². The van der Waals surface area contributed by atoms with E-state index in [1.807, 2.05) is 21.1 Å². The minimum absolute atomic E-state index is 0.0479. The average Bonchev–Trinajstić information content (AvgIpc) is 3.11. The van der Waals surface area contributed by atoms with Gasteiger partial charge in [0.2, 0.25) is 0 Å². The molecule has 9 heteroatoms. The van der Waals surface area contributed by atoms with Crippen molar-refractivity contribution in [2.75, 3.05) is 47.5 Å². The number of quaternary nitrogens is 1. The molecule has 0 spiro atoms. The molecule has 0 aliphatic carbocycles. The number of hydrogen-bond donors (Lipinski definition) is 2. The molecule has 0 rings (SSSR count). The van der Waals surface area contributed by atoms with Crippen molar-refractivity contribution in [3.63, 3.8) is 0 Å². The molecular formula is C44H75NO7P+. The van der Waals surface area contributed by atoms with E-state index < -0.39 is 20.5 Å². The lowest BCUT2D eigenvalue weighted by Gasteiger charge is -2.24. The highest BCUT2D eigenvalue weighted by Gasteiger charge is 2.24.